The maximum absolute atomic E-state index is 13.2. The second-order valence-corrected chi connectivity index (χ2v) is 9.65. The summed E-state index contributed by atoms with van der Waals surface area (Å²) in [5, 5.41) is 17.7. The number of hydrogen-bond donors (Lipinski definition) is 2. The lowest BCUT2D eigenvalue weighted by molar-refractivity contribution is 0.0753. The highest BCUT2D eigenvalue weighted by Crippen LogP contribution is 2.44. The Morgan fingerprint density at radius 2 is 2.20 bits per heavy atom. The number of aliphatic hydroxyl groups excluding tert-OH is 1. The highest BCUT2D eigenvalue weighted by molar-refractivity contribution is 7.99. The molecule has 0 radical (unpaired) electrons. The first-order valence-electron chi connectivity index (χ1n) is 10.9. The van der Waals surface area contributed by atoms with E-state index in [2.05, 4.69) is 22.3 Å². The molecule has 1 aliphatic carbocycles. The number of nitrogens with zero attached hydrogens (tertiary/aromatic N) is 4. The highest BCUT2D eigenvalue weighted by atomic mass is 32.2. The van der Waals surface area contributed by atoms with Gasteiger partial charge in [0.05, 0.1) is 30.6 Å². The normalized spacial score (nSPS) is 23.8. The Labute approximate surface area is 182 Å². The van der Waals surface area contributed by atoms with Crippen LogP contribution < -0.4 is 5.32 Å². The van der Waals surface area contributed by atoms with Crippen LogP contribution in [0.25, 0.3) is 0 Å². The van der Waals surface area contributed by atoms with Crippen LogP contribution in [0, 0.1) is 5.41 Å². The first-order chi connectivity index (χ1) is 14.6. The van der Waals surface area contributed by atoms with E-state index >= 15 is 0 Å². The number of nitrogens with one attached hydrogen (secondary N) is 1. The molecule has 2 N–H and O–H groups in total. The Morgan fingerprint density at radius 1 is 1.37 bits per heavy atom. The van der Waals surface area contributed by atoms with Gasteiger partial charge in [0.25, 0.3) is 5.91 Å². The van der Waals surface area contributed by atoms with Gasteiger partial charge in [0.1, 0.15) is 5.03 Å². The molecule has 3 heterocycles. The molecule has 2 aromatic heterocycles. The zero-order chi connectivity index (χ0) is 21.0. The van der Waals surface area contributed by atoms with Crippen LogP contribution in [0.3, 0.4) is 0 Å². The molecule has 0 aromatic carbocycles. The topological polar surface area (TPSA) is 83.3 Å². The van der Waals surface area contributed by atoms with Gasteiger partial charge < -0.3 is 15.3 Å². The fraction of sp³-hybridized carbons (Fsp3) is 0.591. The third kappa shape index (κ3) is 4.64. The van der Waals surface area contributed by atoms with Crippen molar-refractivity contribution in [3.8, 4) is 0 Å². The number of likely N-dealkylation sites (tertiary alicyclic amines) is 1. The number of rotatable bonds is 7. The molecule has 1 saturated carbocycles. The van der Waals surface area contributed by atoms with Crippen molar-refractivity contribution < 1.29 is 9.90 Å². The lowest BCUT2D eigenvalue weighted by atomic mass is 9.72. The van der Waals surface area contributed by atoms with Gasteiger partial charge in [0, 0.05) is 31.5 Å². The standard InChI is InChI=1S/C22H31N5O2S/c1-2-30-20-19(4-3-10-23-20)21(29)26-11-9-22(16-26)7-5-17(6-8-22)25-18-14-24-27(15-18)12-13-28/h3-4,10,14-15,17,25,28H,2,5-9,11-13,16H2,1H3. The van der Waals surface area contributed by atoms with Crippen molar-refractivity contribution in [2.75, 3.05) is 30.8 Å². The summed E-state index contributed by atoms with van der Waals surface area (Å²) in [6.45, 7) is 4.41. The number of aromatic nitrogens is 3. The molecule has 0 unspecified atom stereocenters. The number of anilines is 1. The molecule has 0 atom stereocenters. The number of pyridine rings is 1. The summed E-state index contributed by atoms with van der Waals surface area (Å²) in [6.07, 6.45) is 11.1. The van der Waals surface area contributed by atoms with E-state index in [1.165, 1.54) is 0 Å². The summed E-state index contributed by atoms with van der Waals surface area (Å²) in [5.41, 5.74) is 2.02. The molecule has 2 aliphatic rings. The van der Waals surface area contributed by atoms with E-state index < -0.39 is 0 Å². The predicted octanol–water partition coefficient (Wildman–Crippen LogP) is 3.27. The molecule has 4 rings (SSSR count). The van der Waals surface area contributed by atoms with Crippen molar-refractivity contribution in [2.24, 2.45) is 5.41 Å². The number of thioether (sulfide) groups is 1. The van der Waals surface area contributed by atoms with Gasteiger partial charge in [-0.15, -0.1) is 11.8 Å². The smallest absolute Gasteiger partial charge is 0.256 e. The van der Waals surface area contributed by atoms with Gasteiger partial charge in [0.2, 0.25) is 0 Å². The van der Waals surface area contributed by atoms with E-state index in [0.29, 0.717) is 12.6 Å². The molecule has 1 spiro atoms. The van der Waals surface area contributed by atoms with Crippen LogP contribution in [0.15, 0.2) is 35.7 Å². The van der Waals surface area contributed by atoms with Gasteiger partial charge in [-0.25, -0.2) is 4.98 Å². The lowest BCUT2D eigenvalue weighted by Gasteiger charge is -2.37. The highest BCUT2D eigenvalue weighted by Gasteiger charge is 2.42. The molecule has 2 fully saturated rings. The average Bonchev–Trinajstić information content (AvgIpc) is 3.38. The average molecular weight is 430 g/mol. The fourth-order valence-electron chi connectivity index (χ4n) is 4.77. The number of aliphatic hydroxyl groups is 1. The van der Waals surface area contributed by atoms with Crippen molar-refractivity contribution in [3.05, 3.63) is 36.3 Å². The maximum Gasteiger partial charge on any atom is 0.256 e. The molecule has 1 aliphatic heterocycles. The number of carbonyl (C=O) groups excluding carboxylic acids is 1. The number of carbonyl (C=O) groups is 1. The van der Waals surface area contributed by atoms with E-state index in [1.54, 1.807) is 22.6 Å². The van der Waals surface area contributed by atoms with Gasteiger partial charge in [-0.05, 0) is 55.4 Å². The van der Waals surface area contributed by atoms with E-state index in [9.17, 15) is 4.79 Å². The minimum Gasteiger partial charge on any atom is -0.394 e. The van der Waals surface area contributed by atoms with Crippen LogP contribution in [-0.4, -0.2) is 62.2 Å². The number of hydrogen-bond acceptors (Lipinski definition) is 6. The monoisotopic (exact) mass is 429 g/mol. The zero-order valence-electron chi connectivity index (χ0n) is 17.6. The van der Waals surface area contributed by atoms with Crippen molar-refractivity contribution in [1.82, 2.24) is 19.7 Å². The summed E-state index contributed by atoms with van der Waals surface area (Å²) in [7, 11) is 0. The molecule has 7 nitrogen and oxygen atoms in total. The fourth-order valence-corrected chi connectivity index (χ4v) is 5.48. The Hall–Kier alpha value is -2.06. The maximum atomic E-state index is 13.2. The second-order valence-electron chi connectivity index (χ2n) is 8.40. The van der Waals surface area contributed by atoms with E-state index in [1.807, 2.05) is 29.4 Å². The number of amides is 1. The molecule has 8 heteroatoms. The summed E-state index contributed by atoms with van der Waals surface area (Å²) >= 11 is 1.63. The van der Waals surface area contributed by atoms with Gasteiger partial charge in [0.15, 0.2) is 0 Å². The van der Waals surface area contributed by atoms with E-state index in [0.717, 1.165) is 67.2 Å². The lowest BCUT2D eigenvalue weighted by Crippen LogP contribution is -2.37. The summed E-state index contributed by atoms with van der Waals surface area (Å²) in [5.74, 6) is 1.04. The first kappa shape index (κ1) is 21.2. The Kier molecular flexibility index (Phi) is 6.63. The predicted molar refractivity (Wildman–Crippen MR) is 119 cm³/mol. The Bertz CT molecular complexity index is 863. The largest absolute Gasteiger partial charge is 0.394 e. The SMILES string of the molecule is CCSc1ncccc1C(=O)N1CCC2(CCC(Nc3cnn(CCO)c3)CC2)C1. The minimum absolute atomic E-state index is 0.0972. The molecule has 162 valence electrons. The van der Waals surface area contributed by atoms with E-state index in [4.69, 9.17) is 5.11 Å². The third-order valence-corrected chi connectivity index (χ3v) is 7.27. The second kappa shape index (κ2) is 9.39. The molecule has 2 aromatic rings. The van der Waals surface area contributed by atoms with Gasteiger partial charge in [-0.3, -0.25) is 9.48 Å². The molecule has 30 heavy (non-hydrogen) atoms. The molecular formula is C22H31N5O2S. The minimum atomic E-state index is 0.0972. The molecule has 0 bridgehead atoms. The van der Waals surface area contributed by atoms with Crippen LogP contribution >= 0.6 is 11.8 Å². The van der Waals surface area contributed by atoms with Crippen LogP contribution in [-0.2, 0) is 6.54 Å². The van der Waals surface area contributed by atoms with Crippen LogP contribution in [0.5, 0.6) is 0 Å². The molecule has 1 saturated heterocycles. The van der Waals surface area contributed by atoms with Gasteiger partial charge in [-0.1, -0.05) is 6.92 Å². The Morgan fingerprint density at radius 3 is 2.97 bits per heavy atom. The first-order valence-corrected chi connectivity index (χ1v) is 11.9. The van der Waals surface area contributed by atoms with Crippen molar-refractivity contribution in [3.63, 3.8) is 0 Å². The van der Waals surface area contributed by atoms with Crippen molar-refractivity contribution in [1.29, 1.82) is 0 Å². The Balaban J connectivity index is 1.33. The van der Waals surface area contributed by atoms with Gasteiger partial charge >= 0.3 is 0 Å². The van der Waals surface area contributed by atoms with Crippen molar-refractivity contribution in [2.45, 2.75) is 56.6 Å². The van der Waals surface area contributed by atoms with E-state index in [-0.39, 0.29) is 17.9 Å². The zero-order valence-corrected chi connectivity index (χ0v) is 18.4. The van der Waals surface area contributed by atoms with Gasteiger partial charge in [-0.2, -0.15) is 5.10 Å². The summed E-state index contributed by atoms with van der Waals surface area (Å²) in [6, 6.07) is 4.21. The summed E-state index contributed by atoms with van der Waals surface area (Å²) in [4.78, 5) is 19.6. The van der Waals surface area contributed by atoms with Crippen LogP contribution in [0.1, 0.15) is 49.4 Å². The third-order valence-electron chi connectivity index (χ3n) is 6.39. The van der Waals surface area contributed by atoms with Crippen LogP contribution in [0.2, 0.25) is 0 Å². The molecular weight excluding hydrogens is 398 g/mol. The molecule has 1 amide bonds. The van der Waals surface area contributed by atoms with Crippen molar-refractivity contribution >= 4 is 23.4 Å². The quantitative estimate of drug-likeness (QED) is 0.658. The van der Waals surface area contributed by atoms with Crippen LogP contribution in [0.4, 0.5) is 5.69 Å². The summed E-state index contributed by atoms with van der Waals surface area (Å²) < 4.78 is 1.76.